The molecular weight excluding hydrogens is 234 g/mol. The van der Waals surface area contributed by atoms with E-state index in [1.807, 2.05) is 56.4 Å². The van der Waals surface area contributed by atoms with Crippen LogP contribution in [0.2, 0.25) is 0 Å². The monoisotopic (exact) mass is 253 g/mol. The minimum Gasteiger partial charge on any atom is -0.441 e. The highest BCUT2D eigenvalue weighted by atomic mass is 16.5. The summed E-state index contributed by atoms with van der Waals surface area (Å²) >= 11 is 0. The van der Waals surface area contributed by atoms with Gasteiger partial charge in [-0.2, -0.15) is 0 Å². The zero-order valence-electron chi connectivity index (χ0n) is 11.6. The smallest absolute Gasteiger partial charge is 0.196 e. The fourth-order valence-electron chi connectivity index (χ4n) is 1.92. The van der Waals surface area contributed by atoms with E-state index in [-0.39, 0.29) is 0 Å². The number of benzene rings is 2. The summed E-state index contributed by atoms with van der Waals surface area (Å²) in [7, 11) is 1.88. The third-order valence-electron chi connectivity index (χ3n) is 3.08. The summed E-state index contributed by atoms with van der Waals surface area (Å²) in [6.07, 6.45) is 0. The first-order valence-corrected chi connectivity index (χ1v) is 6.40. The predicted octanol–water partition coefficient (Wildman–Crippen LogP) is 3.98. The summed E-state index contributed by atoms with van der Waals surface area (Å²) in [5.74, 6) is 1.66. The maximum atomic E-state index is 5.98. The van der Waals surface area contributed by atoms with Gasteiger partial charge in [-0.05, 0) is 31.0 Å². The zero-order valence-corrected chi connectivity index (χ0v) is 11.6. The molecular formula is C17H19NO. The second-order valence-corrected chi connectivity index (χ2v) is 4.44. The van der Waals surface area contributed by atoms with Gasteiger partial charge in [0.05, 0.1) is 0 Å². The van der Waals surface area contributed by atoms with Gasteiger partial charge in [0, 0.05) is 12.6 Å². The van der Waals surface area contributed by atoms with Crippen molar-refractivity contribution in [3.8, 4) is 5.75 Å². The summed E-state index contributed by atoms with van der Waals surface area (Å²) < 4.78 is 5.98. The van der Waals surface area contributed by atoms with Crippen LogP contribution >= 0.6 is 0 Å². The van der Waals surface area contributed by atoms with Crippen LogP contribution < -0.4 is 10.1 Å². The number of rotatable bonds is 4. The lowest BCUT2D eigenvalue weighted by Gasteiger charge is -2.15. The minimum atomic E-state index is 0.778. The zero-order chi connectivity index (χ0) is 13.7. The van der Waals surface area contributed by atoms with E-state index in [1.165, 1.54) is 0 Å². The average molecular weight is 253 g/mol. The molecule has 0 unspecified atom stereocenters. The van der Waals surface area contributed by atoms with Crippen molar-refractivity contribution in [2.24, 2.45) is 0 Å². The molecule has 0 saturated heterocycles. The van der Waals surface area contributed by atoms with Gasteiger partial charge >= 0.3 is 0 Å². The highest BCUT2D eigenvalue weighted by Gasteiger charge is 2.07. The van der Waals surface area contributed by atoms with Crippen LogP contribution in [0.5, 0.6) is 5.75 Å². The molecule has 0 aromatic heterocycles. The second kappa shape index (κ2) is 6.10. The Labute approximate surface area is 114 Å². The lowest BCUT2D eigenvalue weighted by molar-refractivity contribution is 0.392. The van der Waals surface area contributed by atoms with Crippen molar-refractivity contribution in [1.29, 1.82) is 0 Å². The summed E-state index contributed by atoms with van der Waals surface area (Å²) in [5, 5.41) is 3.13. The SMILES string of the molecule is CNC(Oc1ccccc1C)=C(C)c1ccccc1. The third-order valence-corrected chi connectivity index (χ3v) is 3.08. The van der Waals surface area contributed by atoms with E-state index in [0.29, 0.717) is 0 Å². The van der Waals surface area contributed by atoms with Crippen molar-refractivity contribution < 1.29 is 4.74 Å². The Morgan fingerprint density at radius 1 is 0.947 bits per heavy atom. The van der Waals surface area contributed by atoms with Crippen LogP contribution in [0.15, 0.2) is 60.5 Å². The molecule has 2 heteroatoms. The molecule has 0 heterocycles. The van der Waals surface area contributed by atoms with Crippen molar-refractivity contribution in [3.05, 3.63) is 71.6 Å². The van der Waals surface area contributed by atoms with Gasteiger partial charge in [-0.3, -0.25) is 0 Å². The standard InChI is InChI=1S/C17H19NO/c1-13-9-7-8-12-16(13)19-17(18-3)14(2)15-10-5-4-6-11-15/h4-12,18H,1-3H3. The number of ether oxygens (including phenoxy) is 1. The second-order valence-electron chi connectivity index (χ2n) is 4.44. The van der Waals surface area contributed by atoms with Gasteiger partial charge in [0.25, 0.3) is 0 Å². The molecule has 2 aromatic carbocycles. The molecule has 1 N–H and O–H groups in total. The van der Waals surface area contributed by atoms with E-state index >= 15 is 0 Å². The molecule has 0 fully saturated rings. The van der Waals surface area contributed by atoms with Crippen LogP contribution in [0.25, 0.3) is 5.57 Å². The molecule has 0 aliphatic carbocycles. The van der Waals surface area contributed by atoms with E-state index in [9.17, 15) is 0 Å². The molecule has 0 amide bonds. The molecule has 0 aliphatic heterocycles. The maximum Gasteiger partial charge on any atom is 0.196 e. The Bertz CT molecular complexity index is 573. The molecule has 0 saturated carbocycles. The number of para-hydroxylation sites is 1. The lowest BCUT2D eigenvalue weighted by atomic mass is 10.1. The molecule has 0 spiro atoms. The van der Waals surface area contributed by atoms with Gasteiger partial charge in [0.2, 0.25) is 0 Å². The highest BCUT2D eigenvalue weighted by molar-refractivity contribution is 5.65. The molecule has 98 valence electrons. The Balaban J connectivity index is 2.33. The van der Waals surface area contributed by atoms with E-state index in [1.54, 1.807) is 0 Å². The molecule has 0 atom stereocenters. The minimum absolute atomic E-state index is 0.778. The van der Waals surface area contributed by atoms with E-state index < -0.39 is 0 Å². The van der Waals surface area contributed by atoms with Crippen molar-refractivity contribution in [2.75, 3.05) is 7.05 Å². The van der Waals surface area contributed by atoms with Gasteiger partial charge in [0.15, 0.2) is 5.88 Å². The number of allylic oxidation sites excluding steroid dienone is 1. The van der Waals surface area contributed by atoms with Crippen LogP contribution in [-0.4, -0.2) is 7.05 Å². The van der Waals surface area contributed by atoms with Gasteiger partial charge in [0.1, 0.15) is 5.75 Å². The molecule has 0 aliphatic rings. The molecule has 2 aromatic rings. The molecule has 2 nitrogen and oxygen atoms in total. The number of hydrogen-bond acceptors (Lipinski definition) is 2. The van der Waals surface area contributed by atoms with Gasteiger partial charge in [-0.15, -0.1) is 0 Å². The summed E-state index contributed by atoms with van der Waals surface area (Å²) in [5.41, 5.74) is 3.36. The van der Waals surface area contributed by atoms with E-state index in [4.69, 9.17) is 4.74 Å². The average Bonchev–Trinajstić information content (AvgIpc) is 2.47. The molecule has 0 radical (unpaired) electrons. The summed E-state index contributed by atoms with van der Waals surface area (Å²) in [6.45, 7) is 4.10. The lowest BCUT2D eigenvalue weighted by Crippen LogP contribution is -2.14. The van der Waals surface area contributed by atoms with E-state index in [0.717, 1.165) is 28.3 Å². The largest absolute Gasteiger partial charge is 0.441 e. The van der Waals surface area contributed by atoms with Crippen LogP contribution in [0.4, 0.5) is 0 Å². The van der Waals surface area contributed by atoms with Crippen LogP contribution in [0, 0.1) is 6.92 Å². The van der Waals surface area contributed by atoms with Gasteiger partial charge in [-0.25, -0.2) is 0 Å². The van der Waals surface area contributed by atoms with Crippen molar-refractivity contribution in [3.63, 3.8) is 0 Å². The van der Waals surface area contributed by atoms with Crippen LogP contribution in [0.3, 0.4) is 0 Å². The number of nitrogens with one attached hydrogen (secondary N) is 1. The van der Waals surface area contributed by atoms with Crippen molar-refractivity contribution in [2.45, 2.75) is 13.8 Å². The Morgan fingerprint density at radius 3 is 2.21 bits per heavy atom. The van der Waals surface area contributed by atoms with Crippen LogP contribution in [-0.2, 0) is 0 Å². The van der Waals surface area contributed by atoms with Gasteiger partial charge < -0.3 is 10.1 Å². The van der Waals surface area contributed by atoms with Crippen LogP contribution in [0.1, 0.15) is 18.1 Å². The maximum absolute atomic E-state index is 5.98. The number of hydrogen-bond donors (Lipinski definition) is 1. The number of aryl methyl sites for hydroxylation is 1. The van der Waals surface area contributed by atoms with Gasteiger partial charge in [-0.1, -0.05) is 48.5 Å². The predicted molar refractivity (Wildman–Crippen MR) is 79.9 cm³/mol. The summed E-state index contributed by atoms with van der Waals surface area (Å²) in [4.78, 5) is 0. The third kappa shape index (κ3) is 3.16. The highest BCUT2D eigenvalue weighted by Crippen LogP contribution is 2.22. The normalized spacial score (nSPS) is 11.7. The summed E-state index contributed by atoms with van der Waals surface area (Å²) in [6, 6.07) is 18.2. The first-order valence-electron chi connectivity index (χ1n) is 6.40. The first kappa shape index (κ1) is 13.2. The van der Waals surface area contributed by atoms with E-state index in [2.05, 4.69) is 24.4 Å². The quantitative estimate of drug-likeness (QED) is 0.832. The molecule has 2 rings (SSSR count). The Kier molecular flexibility index (Phi) is 4.24. The van der Waals surface area contributed by atoms with Crippen molar-refractivity contribution >= 4 is 5.57 Å². The topological polar surface area (TPSA) is 21.3 Å². The Hall–Kier alpha value is -2.22. The molecule has 0 bridgehead atoms. The molecule has 19 heavy (non-hydrogen) atoms. The fraction of sp³-hybridized carbons (Fsp3) is 0.176. The fourth-order valence-corrected chi connectivity index (χ4v) is 1.92. The first-order chi connectivity index (χ1) is 9.22. The Morgan fingerprint density at radius 2 is 1.58 bits per heavy atom. The van der Waals surface area contributed by atoms with Crippen molar-refractivity contribution in [1.82, 2.24) is 5.32 Å².